The maximum atomic E-state index is 12.7. The van der Waals surface area contributed by atoms with Crippen LogP contribution in [-0.4, -0.2) is 51.7 Å². The van der Waals surface area contributed by atoms with E-state index in [1.165, 1.54) is 31.1 Å². The standard InChI is InChI=1S/C21H21NO6/c1-12(23)11-22-18(14-8-9-15(24)16(10-14)28-2)17(20(26)21(22)27)19(25)13-6-4-3-5-7-13/h3-10,12,18,23-25H,11H2,1-2H3. The molecule has 2 aromatic rings. The van der Waals surface area contributed by atoms with Crippen LogP contribution in [0.5, 0.6) is 11.5 Å². The molecule has 0 aromatic heterocycles. The van der Waals surface area contributed by atoms with E-state index in [-0.39, 0.29) is 29.4 Å². The van der Waals surface area contributed by atoms with Crippen molar-refractivity contribution in [3.8, 4) is 11.5 Å². The molecule has 1 aliphatic rings. The number of amides is 1. The van der Waals surface area contributed by atoms with E-state index in [4.69, 9.17) is 4.74 Å². The lowest BCUT2D eigenvalue weighted by molar-refractivity contribution is -0.140. The van der Waals surface area contributed by atoms with Crippen LogP contribution in [0.25, 0.3) is 5.76 Å². The number of benzene rings is 2. The Bertz CT molecular complexity index is 935. The molecule has 7 heteroatoms. The maximum Gasteiger partial charge on any atom is 0.295 e. The van der Waals surface area contributed by atoms with E-state index in [0.29, 0.717) is 11.1 Å². The van der Waals surface area contributed by atoms with Crippen molar-refractivity contribution in [2.24, 2.45) is 0 Å². The van der Waals surface area contributed by atoms with Gasteiger partial charge in [-0.25, -0.2) is 0 Å². The second-order valence-electron chi connectivity index (χ2n) is 6.60. The summed E-state index contributed by atoms with van der Waals surface area (Å²) in [6.07, 6.45) is -0.878. The fraction of sp³-hybridized carbons (Fsp3) is 0.238. The van der Waals surface area contributed by atoms with Gasteiger partial charge in [0, 0.05) is 12.1 Å². The first-order chi connectivity index (χ1) is 13.3. The molecule has 28 heavy (non-hydrogen) atoms. The second-order valence-corrected chi connectivity index (χ2v) is 6.60. The Kier molecular flexibility index (Phi) is 5.37. The Balaban J connectivity index is 2.21. The van der Waals surface area contributed by atoms with Crippen LogP contribution < -0.4 is 4.74 Å². The zero-order valence-electron chi connectivity index (χ0n) is 15.5. The molecule has 3 rings (SSSR count). The number of carbonyl (C=O) groups is 2. The molecular weight excluding hydrogens is 362 g/mol. The second kappa shape index (κ2) is 7.74. The number of hydrogen-bond acceptors (Lipinski definition) is 6. The summed E-state index contributed by atoms with van der Waals surface area (Å²) in [4.78, 5) is 26.6. The van der Waals surface area contributed by atoms with E-state index in [0.717, 1.165) is 0 Å². The van der Waals surface area contributed by atoms with Gasteiger partial charge in [-0.15, -0.1) is 0 Å². The number of Topliss-reactive ketones (excluding diaryl/α,β-unsaturated/α-hetero) is 1. The maximum absolute atomic E-state index is 12.7. The highest BCUT2D eigenvalue weighted by molar-refractivity contribution is 6.46. The minimum atomic E-state index is -0.927. The number of methoxy groups -OCH3 is 1. The van der Waals surface area contributed by atoms with Crippen molar-refractivity contribution in [1.82, 2.24) is 4.90 Å². The molecule has 1 aliphatic heterocycles. The van der Waals surface area contributed by atoms with Gasteiger partial charge < -0.3 is 25.0 Å². The Morgan fingerprint density at radius 1 is 1.18 bits per heavy atom. The van der Waals surface area contributed by atoms with Crippen molar-refractivity contribution in [3.05, 3.63) is 65.2 Å². The number of nitrogens with zero attached hydrogens (tertiary/aromatic N) is 1. The molecule has 1 amide bonds. The molecule has 2 aromatic carbocycles. The molecule has 2 unspecified atom stereocenters. The number of rotatable bonds is 5. The number of ketones is 1. The molecule has 146 valence electrons. The Morgan fingerprint density at radius 3 is 2.46 bits per heavy atom. The van der Waals surface area contributed by atoms with Crippen LogP contribution in [0.15, 0.2) is 54.1 Å². The summed E-state index contributed by atoms with van der Waals surface area (Å²) in [7, 11) is 1.38. The third-order valence-corrected chi connectivity index (χ3v) is 4.57. The summed E-state index contributed by atoms with van der Waals surface area (Å²) in [5, 5.41) is 30.5. The molecule has 0 bridgehead atoms. The molecule has 1 saturated heterocycles. The van der Waals surface area contributed by atoms with Crippen molar-refractivity contribution in [2.45, 2.75) is 19.1 Å². The smallest absolute Gasteiger partial charge is 0.295 e. The number of aliphatic hydroxyl groups excluding tert-OH is 2. The first kappa shape index (κ1) is 19.4. The molecule has 7 nitrogen and oxygen atoms in total. The molecule has 0 saturated carbocycles. The topological polar surface area (TPSA) is 107 Å². The quantitative estimate of drug-likeness (QED) is 0.415. The minimum Gasteiger partial charge on any atom is -0.507 e. The molecule has 1 fully saturated rings. The number of ether oxygens (including phenoxy) is 1. The summed E-state index contributed by atoms with van der Waals surface area (Å²) >= 11 is 0. The fourth-order valence-electron chi connectivity index (χ4n) is 3.32. The minimum absolute atomic E-state index is 0.0791. The van der Waals surface area contributed by atoms with Gasteiger partial charge in [-0.3, -0.25) is 9.59 Å². The number of aromatic hydroxyl groups is 1. The number of aliphatic hydroxyl groups is 2. The van der Waals surface area contributed by atoms with Crippen molar-refractivity contribution >= 4 is 17.4 Å². The van der Waals surface area contributed by atoms with Crippen molar-refractivity contribution in [1.29, 1.82) is 0 Å². The molecular formula is C21H21NO6. The van der Waals surface area contributed by atoms with Gasteiger partial charge >= 0.3 is 0 Å². The van der Waals surface area contributed by atoms with Gasteiger partial charge in [-0.2, -0.15) is 0 Å². The van der Waals surface area contributed by atoms with Crippen LogP contribution >= 0.6 is 0 Å². The van der Waals surface area contributed by atoms with Gasteiger partial charge in [-0.05, 0) is 24.6 Å². The van der Waals surface area contributed by atoms with E-state index < -0.39 is 23.8 Å². The van der Waals surface area contributed by atoms with Gasteiger partial charge in [0.05, 0.1) is 24.8 Å². The zero-order chi connectivity index (χ0) is 20.4. The van der Waals surface area contributed by atoms with Crippen molar-refractivity contribution in [3.63, 3.8) is 0 Å². The average molecular weight is 383 g/mol. The molecule has 2 atom stereocenters. The Labute approximate surface area is 162 Å². The lowest BCUT2D eigenvalue weighted by Crippen LogP contribution is -2.35. The third kappa shape index (κ3) is 3.44. The number of phenols is 1. The number of likely N-dealkylation sites (tertiary alicyclic amines) is 1. The van der Waals surface area contributed by atoms with Gasteiger partial charge in [0.1, 0.15) is 5.76 Å². The van der Waals surface area contributed by atoms with Crippen LogP contribution in [0.1, 0.15) is 24.1 Å². The molecule has 3 N–H and O–H groups in total. The predicted molar refractivity (Wildman–Crippen MR) is 102 cm³/mol. The van der Waals surface area contributed by atoms with Crippen molar-refractivity contribution in [2.75, 3.05) is 13.7 Å². The van der Waals surface area contributed by atoms with Crippen LogP contribution in [0, 0.1) is 0 Å². The summed E-state index contributed by atoms with van der Waals surface area (Å²) in [6, 6.07) is 12.0. The van der Waals surface area contributed by atoms with Crippen LogP contribution in [0.2, 0.25) is 0 Å². The normalized spacial score (nSPS) is 19.7. The monoisotopic (exact) mass is 383 g/mol. The number of phenolic OH excluding ortho intramolecular Hbond substituents is 1. The van der Waals surface area contributed by atoms with E-state index in [1.807, 2.05) is 0 Å². The van der Waals surface area contributed by atoms with E-state index in [9.17, 15) is 24.9 Å². The molecule has 0 radical (unpaired) electrons. The lowest BCUT2D eigenvalue weighted by Gasteiger charge is -2.26. The molecule has 1 heterocycles. The van der Waals surface area contributed by atoms with Crippen LogP contribution in [-0.2, 0) is 9.59 Å². The van der Waals surface area contributed by atoms with E-state index >= 15 is 0 Å². The van der Waals surface area contributed by atoms with Gasteiger partial charge in [0.15, 0.2) is 11.5 Å². The first-order valence-corrected chi connectivity index (χ1v) is 8.74. The summed E-state index contributed by atoms with van der Waals surface area (Å²) < 4.78 is 5.13. The predicted octanol–water partition coefficient (Wildman–Crippen LogP) is 2.20. The highest BCUT2D eigenvalue weighted by atomic mass is 16.5. The Morgan fingerprint density at radius 2 is 1.86 bits per heavy atom. The highest BCUT2D eigenvalue weighted by Gasteiger charge is 2.46. The van der Waals surface area contributed by atoms with Crippen molar-refractivity contribution < 1.29 is 29.6 Å². The van der Waals surface area contributed by atoms with Gasteiger partial charge in [0.2, 0.25) is 0 Å². The fourth-order valence-corrected chi connectivity index (χ4v) is 3.32. The summed E-state index contributed by atoms with van der Waals surface area (Å²) in [5.74, 6) is -1.87. The largest absolute Gasteiger partial charge is 0.507 e. The van der Waals surface area contributed by atoms with Gasteiger partial charge in [0.25, 0.3) is 11.7 Å². The third-order valence-electron chi connectivity index (χ3n) is 4.57. The average Bonchev–Trinajstić information content (AvgIpc) is 2.93. The summed E-state index contributed by atoms with van der Waals surface area (Å²) in [5.41, 5.74) is 0.782. The van der Waals surface area contributed by atoms with E-state index in [2.05, 4.69) is 0 Å². The highest BCUT2D eigenvalue weighted by Crippen LogP contribution is 2.41. The lowest BCUT2D eigenvalue weighted by atomic mass is 9.95. The SMILES string of the molecule is COc1cc(C2C(=C(O)c3ccccc3)C(=O)C(=O)N2CC(C)O)ccc1O. The molecule has 0 spiro atoms. The number of β-amino-alcohol motifs (C(OH)–C–C–N with tert-alkyl or cyclic N) is 1. The first-order valence-electron chi connectivity index (χ1n) is 8.74. The number of hydrogen-bond donors (Lipinski definition) is 3. The summed E-state index contributed by atoms with van der Waals surface area (Å²) in [6.45, 7) is 1.41. The zero-order valence-corrected chi connectivity index (χ0v) is 15.5. The van der Waals surface area contributed by atoms with Gasteiger partial charge in [-0.1, -0.05) is 36.4 Å². The number of carbonyl (C=O) groups excluding carboxylic acids is 2. The van der Waals surface area contributed by atoms with Crippen LogP contribution in [0.4, 0.5) is 0 Å². The Hall–Kier alpha value is -3.32. The van der Waals surface area contributed by atoms with Crippen LogP contribution in [0.3, 0.4) is 0 Å². The van der Waals surface area contributed by atoms with E-state index in [1.54, 1.807) is 36.4 Å². The molecule has 0 aliphatic carbocycles.